The molecule has 172 valence electrons. The number of halogens is 1. The first-order valence-electron chi connectivity index (χ1n) is 10.3. The molecule has 2 aromatic rings. The minimum Gasteiger partial charge on any atom is -0.485 e. The second kappa shape index (κ2) is 9.76. The highest BCUT2D eigenvalue weighted by Crippen LogP contribution is 2.39. The molecule has 3 rings (SSSR count). The van der Waals surface area contributed by atoms with Gasteiger partial charge in [-0.05, 0) is 38.4 Å². The Morgan fingerprint density at radius 1 is 1.22 bits per heavy atom. The summed E-state index contributed by atoms with van der Waals surface area (Å²) in [5, 5.41) is 11.9. The topological polar surface area (TPSA) is 128 Å². The van der Waals surface area contributed by atoms with Crippen LogP contribution in [0.5, 0.6) is 5.75 Å². The lowest BCUT2D eigenvalue weighted by Crippen LogP contribution is -2.53. The number of nitrogens with two attached hydrogens (primary N) is 1. The molecule has 0 aliphatic carbocycles. The third-order valence-corrected chi connectivity index (χ3v) is 5.65. The van der Waals surface area contributed by atoms with E-state index in [0.717, 1.165) is 26.2 Å². The Kier molecular flexibility index (Phi) is 7.27. The molecule has 32 heavy (non-hydrogen) atoms. The Labute approximate surface area is 191 Å². The molecule has 10 nitrogen and oxygen atoms in total. The predicted octanol–water partition coefficient (Wildman–Crippen LogP) is 2.60. The predicted molar refractivity (Wildman–Crippen MR) is 121 cm³/mol. The fourth-order valence-corrected chi connectivity index (χ4v) is 3.74. The zero-order valence-electron chi connectivity index (χ0n) is 18.4. The van der Waals surface area contributed by atoms with E-state index in [1.165, 1.54) is 24.5 Å². The molecular formula is C21H27ClN6O4. The molecule has 1 saturated heterocycles. The fraction of sp³-hybridized carbons (Fsp3) is 0.476. The molecule has 0 saturated carbocycles. The number of rotatable bonds is 7. The van der Waals surface area contributed by atoms with Gasteiger partial charge in [0.1, 0.15) is 6.61 Å². The number of nitro benzene ring substituents is 1. The van der Waals surface area contributed by atoms with Crippen LogP contribution in [-0.2, 0) is 0 Å². The van der Waals surface area contributed by atoms with Crippen molar-refractivity contribution < 1.29 is 14.5 Å². The van der Waals surface area contributed by atoms with Crippen LogP contribution in [0.3, 0.4) is 0 Å². The summed E-state index contributed by atoms with van der Waals surface area (Å²) in [6, 6.07) is 2.64. The summed E-state index contributed by atoms with van der Waals surface area (Å²) in [4.78, 5) is 35.6. The van der Waals surface area contributed by atoms with Gasteiger partial charge in [0.15, 0.2) is 5.75 Å². The van der Waals surface area contributed by atoms with Gasteiger partial charge in [0.05, 0.1) is 10.5 Å². The number of carbonyl (C=O) groups excluding carboxylic acids is 1. The van der Waals surface area contributed by atoms with Crippen LogP contribution in [0.1, 0.15) is 31.1 Å². The lowest BCUT2D eigenvalue weighted by Gasteiger charge is -2.42. The highest BCUT2D eigenvalue weighted by molar-refractivity contribution is 6.28. The molecule has 1 fully saturated rings. The SMILES string of the molecule is CC(C)(C)N1CCN(CCOc2cc(C(N)=O)cc(-c3cnc(Cl)nc3)c2[N+](=O)[O-])CC1. The number of benzene rings is 1. The molecule has 0 bridgehead atoms. The van der Waals surface area contributed by atoms with Crippen molar-refractivity contribution in [1.82, 2.24) is 19.8 Å². The molecule has 0 spiro atoms. The summed E-state index contributed by atoms with van der Waals surface area (Å²) in [5.74, 6) is -0.747. The standard InChI is InChI=1S/C21H27ClN6O4/c1-21(2,3)27-6-4-26(5-7-27)8-9-32-17-11-14(19(23)29)10-16(18(17)28(30)31)15-12-24-20(22)25-13-15/h10-13H,4-9H2,1-3H3,(H2,23,29). The molecule has 0 radical (unpaired) electrons. The van der Waals surface area contributed by atoms with Crippen molar-refractivity contribution in [3.05, 3.63) is 45.5 Å². The van der Waals surface area contributed by atoms with Gasteiger partial charge < -0.3 is 10.5 Å². The second-order valence-corrected chi connectivity index (χ2v) is 8.92. The first-order chi connectivity index (χ1) is 15.1. The van der Waals surface area contributed by atoms with Crippen molar-refractivity contribution in [3.8, 4) is 16.9 Å². The van der Waals surface area contributed by atoms with Gasteiger partial charge in [-0.1, -0.05) is 0 Å². The Morgan fingerprint density at radius 2 is 1.84 bits per heavy atom. The van der Waals surface area contributed by atoms with Crippen LogP contribution in [0.2, 0.25) is 5.28 Å². The Morgan fingerprint density at radius 3 is 2.38 bits per heavy atom. The molecule has 1 aromatic heterocycles. The molecule has 0 atom stereocenters. The number of amides is 1. The van der Waals surface area contributed by atoms with Crippen LogP contribution in [0, 0.1) is 10.1 Å². The van der Waals surface area contributed by atoms with E-state index in [1.54, 1.807) is 0 Å². The van der Waals surface area contributed by atoms with Crippen LogP contribution in [0.25, 0.3) is 11.1 Å². The summed E-state index contributed by atoms with van der Waals surface area (Å²) >= 11 is 5.73. The van der Waals surface area contributed by atoms with Crippen molar-refractivity contribution >= 4 is 23.2 Å². The van der Waals surface area contributed by atoms with Gasteiger partial charge in [-0.15, -0.1) is 0 Å². The van der Waals surface area contributed by atoms with E-state index in [2.05, 4.69) is 40.5 Å². The maximum Gasteiger partial charge on any atom is 0.318 e. The third kappa shape index (κ3) is 5.70. The smallest absolute Gasteiger partial charge is 0.318 e. The summed E-state index contributed by atoms with van der Waals surface area (Å²) in [6.07, 6.45) is 2.70. The number of ether oxygens (including phenoxy) is 1. The van der Waals surface area contributed by atoms with E-state index in [1.807, 2.05) is 0 Å². The number of hydrogen-bond acceptors (Lipinski definition) is 8. The van der Waals surface area contributed by atoms with Gasteiger partial charge in [0.2, 0.25) is 11.2 Å². The van der Waals surface area contributed by atoms with E-state index in [-0.39, 0.29) is 40.0 Å². The number of aromatic nitrogens is 2. The average Bonchev–Trinajstić information content (AvgIpc) is 2.73. The van der Waals surface area contributed by atoms with E-state index in [9.17, 15) is 14.9 Å². The van der Waals surface area contributed by atoms with Crippen LogP contribution in [-0.4, -0.2) is 75.5 Å². The molecular weight excluding hydrogens is 436 g/mol. The molecule has 0 unspecified atom stereocenters. The minimum atomic E-state index is -0.723. The van der Waals surface area contributed by atoms with E-state index >= 15 is 0 Å². The average molecular weight is 463 g/mol. The first kappa shape index (κ1) is 23.8. The maximum atomic E-state index is 11.9. The monoisotopic (exact) mass is 462 g/mol. The highest BCUT2D eigenvalue weighted by atomic mass is 35.5. The van der Waals surface area contributed by atoms with Gasteiger partial charge in [0.25, 0.3) is 0 Å². The quantitative estimate of drug-likeness (QED) is 0.377. The van der Waals surface area contributed by atoms with E-state index < -0.39 is 10.8 Å². The number of carbonyl (C=O) groups is 1. The number of nitrogens with zero attached hydrogens (tertiary/aromatic N) is 5. The van der Waals surface area contributed by atoms with Crippen LogP contribution in [0.15, 0.2) is 24.5 Å². The lowest BCUT2D eigenvalue weighted by molar-refractivity contribution is -0.385. The van der Waals surface area contributed by atoms with E-state index in [4.69, 9.17) is 22.1 Å². The fourth-order valence-electron chi connectivity index (χ4n) is 3.65. The van der Waals surface area contributed by atoms with Gasteiger partial charge in [-0.25, -0.2) is 9.97 Å². The summed E-state index contributed by atoms with van der Waals surface area (Å²) in [5.41, 5.74) is 5.84. The summed E-state index contributed by atoms with van der Waals surface area (Å²) in [6.45, 7) is 11.1. The molecule has 1 aromatic carbocycles. The second-order valence-electron chi connectivity index (χ2n) is 8.58. The minimum absolute atomic E-state index is 0.00508. The zero-order valence-corrected chi connectivity index (χ0v) is 19.1. The molecule has 1 amide bonds. The Hall–Kier alpha value is -2.82. The van der Waals surface area contributed by atoms with Crippen molar-refractivity contribution in [2.75, 3.05) is 39.3 Å². The number of hydrogen-bond donors (Lipinski definition) is 1. The van der Waals surface area contributed by atoms with Crippen molar-refractivity contribution in [2.24, 2.45) is 5.73 Å². The largest absolute Gasteiger partial charge is 0.485 e. The summed E-state index contributed by atoms with van der Waals surface area (Å²) < 4.78 is 5.80. The number of piperazine rings is 1. The maximum absolute atomic E-state index is 11.9. The van der Waals surface area contributed by atoms with Gasteiger partial charge in [-0.2, -0.15) is 0 Å². The molecule has 11 heteroatoms. The highest BCUT2D eigenvalue weighted by Gasteiger charge is 2.27. The Bertz CT molecular complexity index is 985. The number of nitro groups is 1. The first-order valence-corrected chi connectivity index (χ1v) is 10.6. The van der Waals surface area contributed by atoms with Crippen molar-refractivity contribution in [2.45, 2.75) is 26.3 Å². The summed E-state index contributed by atoms with van der Waals surface area (Å²) in [7, 11) is 0. The normalized spacial score (nSPS) is 15.5. The van der Waals surface area contributed by atoms with Gasteiger partial charge in [0, 0.05) is 67.8 Å². The van der Waals surface area contributed by atoms with Crippen LogP contribution < -0.4 is 10.5 Å². The number of primary amides is 1. The van der Waals surface area contributed by atoms with Gasteiger partial charge >= 0.3 is 5.69 Å². The van der Waals surface area contributed by atoms with Crippen LogP contribution in [0.4, 0.5) is 5.69 Å². The Balaban J connectivity index is 1.79. The van der Waals surface area contributed by atoms with Crippen LogP contribution >= 0.6 is 11.6 Å². The molecule has 1 aliphatic heterocycles. The zero-order chi connectivity index (χ0) is 23.5. The molecule has 2 heterocycles. The van der Waals surface area contributed by atoms with Gasteiger partial charge in [-0.3, -0.25) is 24.7 Å². The molecule has 2 N–H and O–H groups in total. The van der Waals surface area contributed by atoms with Crippen molar-refractivity contribution in [3.63, 3.8) is 0 Å². The third-order valence-electron chi connectivity index (χ3n) is 5.46. The lowest BCUT2D eigenvalue weighted by atomic mass is 10.0. The van der Waals surface area contributed by atoms with E-state index in [0.29, 0.717) is 12.1 Å². The van der Waals surface area contributed by atoms with Crippen molar-refractivity contribution in [1.29, 1.82) is 0 Å². The molecule has 1 aliphatic rings.